The molecule has 2 heterocycles. The Labute approximate surface area is 161 Å². The van der Waals surface area contributed by atoms with Crippen LogP contribution >= 0.6 is 35.2 Å². The van der Waals surface area contributed by atoms with Gasteiger partial charge in [0, 0.05) is 30.2 Å². The average Bonchev–Trinajstić information content (AvgIpc) is 3.07. The second kappa shape index (κ2) is 8.26. The lowest BCUT2D eigenvalue weighted by Gasteiger charge is -2.27. The summed E-state index contributed by atoms with van der Waals surface area (Å²) in [6.45, 7) is 4.27. The van der Waals surface area contributed by atoms with Crippen molar-refractivity contribution in [1.82, 2.24) is 9.88 Å². The third-order valence-electron chi connectivity index (χ3n) is 4.03. The van der Waals surface area contributed by atoms with Crippen molar-refractivity contribution < 1.29 is 9.47 Å². The van der Waals surface area contributed by atoms with Crippen LogP contribution in [0.15, 0.2) is 41.4 Å². The van der Waals surface area contributed by atoms with Crippen molar-refractivity contribution in [3.8, 4) is 11.5 Å². The van der Waals surface area contributed by atoms with E-state index in [1.54, 1.807) is 6.20 Å². The third kappa shape index (κ3) is 4.25. The summed E-state index contributed by atoms with van der Waals surface area (Å²) < 4.78 is 11.8. The van der Waals surface area contributed by atoms with Crippen LogP contribution in [0, 0.1) is 0 Å². The maximum atomic E-state index is 5.48. The van der Waals surface area contributed by atoms with Crippen molar-refractivity contribution >= 4 is 41.0 Å². The number of benzene rings is 1. The molecular weight excluding hydrogens is 437 g/mol. The summed E-state index contributed by atoms with van der Waals surface area (Å²) in [5.41, 5.74) is 1.23. The highest BCUT2D eigenvalue weighted by atomic mass is 127. The normalized spacial score (nSPS) is 14.0. The number of nitrogens with one attached hydrogen (secondary N) is 1. The van der Waals surface area contributed by atoms with Gasteiger partial charge in [-0.2, -0.15) is 0 Å². The first kappa shape index (κ1) is 17.6. The molecule has 1 aromatic heterocycles. The number of hydrogen-bond acceptors (Lipinski definition) is 6. The standard InChI is InChI=1S/C17H20IN3O2S/c1-12(13-2-4-15-16(8-13)23-11-22-15)21(10-18)7-6-19-17-5-3-14(24)9-20-17/h2-5,8-9,12,24H,6-7,10-11H2,1H3,(H,19,20)/t12-/m0/s1. The molecule has 0 saturated heterocycles. The highest BCUT2D eigenvalue weighted by Crippen LogP contribution is 2.35. The molecule has 128 valence electrons. The van der Waals surface area contributed by atoms with Crippen molar-refractivity contribution in [2.45, 2.75) is 17.9 Å². The van der Waals surface area contributed by atoms with Gasteiger partial charge in [0.25, 0.3) is 0 Å². The Morgan fingerprint density at radius 2 is 2.12 bits per heavy atom. The molecule has 2 aromatic rings. The second-order valence-electron chi connectivity index (χ2n) is 5.55. The fourth-order valence-electron chi connectivity index (χ4n) is 2.56. The first-order valence-electron chi connectivity index (χ1n) is 7.76. The molecule has 0 radical (unpaired) electrons. The van der Waals surface area contributed by atoms with E-state index in [4.69, 9.17) is 9.47 Å². The smallest absolute Gasteiger partial charge is 0.231 e. The number of hydrogen-bond donors (Lipinski definition) is 2. The van der Waals surface area contributed by atoms with Crippen molar-refractivity contribution in [1.29, 1.82) is 0 Å². The molecule has 0 amide bonds. The van der Waals surface area contributed by atoms with E-state index >= 15 is 0 Å². The van der Waals surface area contributed by atoms with Crippen LogP contribution in [0.5, 0.6) is 11.5 Å². The molecule has 0 fully saturated rings. The largest absolute Gasteiger partial charge is 0.454 e. The number of pyridine rings is 1. The van der Waals surface area contributed by atoms with Gasteiger partial charge in [0.05, 0.1) is 4.55 Å². The molecule has 0 spiro atoms. The zero-order valence-corrected chi connectivity index (χ0v) is 16.5. The van der Waals surface area contributed by atoms with Crippen LogP contribution in [0.3, 0.4) is 0 Å². The van der Waals surface area contributed by atoms with Crippen LogP contribution < -0.4 is 14.8 Å². The molecule has 5 nitrogen and oxygen atoms in total. The van der Waals surface area contributed by atoms with Crippen LogP contribution in [0.1, 0.15) is 18.5 Å². The van der Waals surface area contributed by atoms with Gasteiger partial charge in [-0.25, -0.2) is 4.98 Å². The number of ether oxygens (including phenoxy) is 2. The minimum Gasteiger partial charge on any atom is -0.454 e. The fourth-order valence-corrected chi connectivity index (χ4v) is 3.62. The van der Waals surface area contributed by atoms with E-state index in [9.17, 15) is 0 Å². The van der Waals surface area contributed by atoms with Crippen molar-refractivity contribution in [3.63, 3.8) is 0 Å². The maximum absolute atomic E-state index is 5.48. The summed E-state index contributed by atoms with van der Waals surface area (Å²) >= 11 is 6.65. The summed E-state index contributed by atoms with van der Waals surface area (Å²) in [4.78, 5) is 7.57. The summed E-state index contributed by atoms with van der Waals surface area (Å²) in [6, 6.07) is 10.3. The second-order valence-corrected chi connectivity index (χ2v) is 6.75. The fraction of sp³-hybridized carbons (Fsp3) is 0.353. The number of alkyl halides is 1. The Hall–Kier alpha value is -1.19. The molecule has 3 rings (SSSR count). The van der Waals surface area contributed by atoms with Gasteiger partial charge in [-0.1, -0.05) is 28.7 Å². The van der Waals surface area contributed by atoms with Gasteiger partial charge in [0.1, 0.15) is 5.82 Å². The third-order valence-corrected chi connectivity index (χ3v) is 5.17. The van der Waals surface area contributed by atoms with Gasteiger partial charge < -0.3 is 14.8 Å². The van der Waals surface area contributed by atoms with Gasteiger partial charge in [-0.05, 0) is 36.8 Å². The zero-order chi connectivity index (χ0) is 16.9. The lowest BCUT2D eigenvalue weighted by atomic mass is 10.1. The van der Waals surface area contributed by atoms with Gasteiger partial charge in [0.15, 0.2) is 11.5 Å². The van der Waals surface area contributed by atoms with Gasteiger partial charge >= 0.3 is 0 Å². The number of rotatable bonds is 7. The monoisotopic (exact) mass is 457 g/mol. The number of halogens is 1. The summed E-state index contributed by atoms with van der Waals surface area (Å²) in [5, 5.41) is 3.35. The maximum Gasteiger partial charge on any atom is 0.231 e. The number of anilines is 1. The Morgan fingerprint density at radius 1 is 1.29 bits per heavy atom. The molecule has 1 aromatic carbocycles. The molecule has 1 aliphatic heterocycles. The Bertz CT molecular complexity index is 684. The number of aromatic nitrogens is 1. The van der Waals surface area contributed by atoms with Crippen LogP contribution in [-0.4, -0.2) is 34.3 Å². The van der Waals surface area contributed by atoms with E-state index < -0.39 is 0 Å². The Balaban J connectivity index is 1.57. The van der Waals surface area contributed by atoms with E-state index in [-0.39, 0.29) is 0 Å². The van der Waals surface area contributed by atoms with Crippen LogP contribution in [0.4, 0.5) is 5.82 Å². The quantitative estimate of drug-likeness (QED) is 0.285. The topological polar surface area (TPSA) is 46.6 Å². The highest BCUT2D eigenvalue weighted by Gasteiger charge is 2.19. The summed E-state index contributed by atoms with van der Waals surface area (Å²) in [6.07, 6.45) is 1.75. The predicted octanol–water partition coefficient (Wildman–Crippen LogP) is 3.97. The minimum absolute atomic E-state index is 0.297. The molecule has 0 aliphatic carbocycles. The number of fused-ring (bicyclic) bond motifs is 1. The van der Waals surface area contributed by atoms with Crippen LogP contribution in [0.25, 0.3) is 0 Å². The zero-order valence-electron chi connectivity index (χ0n) is 13.4. The van der Waals surface area contributed by atoms with Gasteiger partial charge in [0.2, 0.25) is 6.79 Å². The molecular formula is C17H20IN3O2S. The summed E-state index contributed by atoms with van der Waals surface area (Å²) in [5.74, 6) is 2.53. The molecule has 1 N–H and O–H groups in total. The Kier molecular flexibility index (Phi) is 6.07. The molecule has 24 heavy (non-hydrogen) atoms. The van der Waals surface area contributed by atoms with Crippen LogP contribution in [0.2, 0.25) is 0 Å². The van der Waals surface area contributed by atoms with E-state index in [2.05, 4.69) is 69.5 Å². The molecule has 1 atom stereocenters. The number of thiol groups is 1. The molecule has 7 heteroatoms. The Morgan fingerprint density at radius 3 is 2.88 bits per heavy atom. The van der Waals surface area contributed by atoms with Gasteiger partial charge in [-0.3, -0.25) is 4.90 Å². The van der Waals surface area contributed by atoms with Crippen molar-refractivity contribution in [2.75, 3.05) is 29.8 Å². The molecule has 0 bridgehead atoms. The lowest BCUT2D eigenvalue weighted by molar-refractivity contribution is 0.174. The lowest BCUT2D eigenvalue weighted by Crippen LogP contribution is -2.30. The van der Waals surface area contributed by atoms with E-state index in [0.717, 1.165) is 39.9 Å². The SMILES string of the molecule is C[C@@H](c1ccc2c(c1)OCO2)N(CI)CCNc1ccc(S)cn1. The predicted molar refractivity (Wildman–Crippen MR) is 107 cm³/mol. The minimum atomic E-state index is 0.297. The number of nitrogens with zero attached hydrogens (tertiary/aromatic N) is 2. The highest BCUT2D eigenvalue weighted by molar-refractivity contribution is 14.1. The molecule has 1 aliphatic rings. The van der Waals surface area contributed by atoms with Crippen molar-refractivity contribution in [2.24, 2.45) is 0 Å². The molecule has 0 saturated carbocycles. The van der Waals surface area contributed by atoms with E-state index in [1.165, 1.54) is 5.56 Å². The first-order valence-corrected chi connectivity index (χ1v) is 9.73. The molecule has 0 unspecified atom stereocenters. The van der Waals surface area contributed by atoms with E-state index in [1.807, 2.05) is 18.2 Å². The summed E-state index contributed by atoms with van der Waals surface area (Å²) in [7, 11) is 0. The first-order chi connectivity index (χ1) is 11.7. The van der Waals surface area contributed by atoms with Crippen LogP contribution in [-0.2, 0) is 0 Å². The average molecular weight is 457 g/mol. The van der Waals surface area contributed by atoms with Gasteiger partial charge in [-0.15, -0.1) is 12.6 Å². The van der Waals surface area contributed by atoms with E-state index in [0.29, 0.717) is 12.8 Å². The van der Waals surface area contributed by atoms with Crippen molar-refractivity contribution in [3.05, 3.63) is 42.1 Å².